The van der Waals surface area contributed by atoms with E-state index in [2.05, 4.69) is 72.8 Å². The quantitative estimate of drug-likeness (QED) is 0.149. The average molecular weight is 599 g/mol. The summed E-state index contributed by atoms with van der Waals surface area (Å²) in [6.45, 7) is 3.40. The van der Waals surface area contributed by atoms with Crippen LogP contribution in [-0.4, -0.2) is 50.8 Å². The predicted octanol–water partition coefficient (Wildman–Crippen LogP) is 6.78. The molecule has 6 unspecified atom stereocenters. The van der Waals surface area contributed by atoms with Crippen LogP contribution >= 0.6 is 0 Å². The van der Waals surface area contributed by atoms with Crippen LogP contribution < -0.4 is 0 Å². The first-order valence-electron chi connectivity index (χ1n) is 16.8. The van der Waals surface area contributed by atoms with Crippen LogP contribution in [0.4, 0.5) is 0 Å². The molecule has 5 heteroatoms. The number of fused-ring (bicyclic) bond motifs is 4. The van der Waals surface area contributed by atoms with Gasteiger partial charge in [0.05, 0.1) is 50.8 Å². The fourth-order valence-corrected chi connectivity index (χ4v) is 8.23. The van der Waals surface area contributed by atoms with Gasteiger partial charge in [-0.05, 0) is 78.9 Å². The van der Waals surface area contributed by atoms with Gasteiger partial charge in [-0.2, -0.15) is 0 Å². The van der Waals surface area contributed by atoms with Crippen LogP contribution in [0.2, 0.25) is 0 Å². The first-order chi connectivity index (χ1) is 22.3. The van der Waals surface area contributed by atoms with Crippen LogP contribution in [-0.2, 0) is 62.2 Å². The number of ether oxygens (including phenoxy) is 5. The maximum absolute atomic E-state index is 7.40. The Kier molecular flexibility index (Phi) is 6.33. The van der Waals surface area contributed by atoms with Crippen LogP contribution in [0.1, 0.15) is 56.7 Å². The third-order valence-corrected chi connectivity index (χ3v) is 10.6. The summed E-state index contributed by atoms with van der Waals surface area (Å²) >= 11 is 0. The molecule has 0 saturated carbocycles. The van der Waals surface area contributed by atoms with Gasteiger partial charge in [-0.1, -0.05) is 72.8 Å². The van der Waals surface area contributed by atoms with E-state index in [1.54, 1.807) is 0 Å². The summed E-state index contributed by atoms with van der Waals surface area (Å²) in [6, 6.07) is 18.0. The molecule has 10 rings (SSSR count). The SMILES string of the molecule is C1=CC(OC2C=CCc3c2c(CC2CO2)c2ccccc2c3CC2CO2)c2c(c(CC3CO3)c3ccccc3c2CC2CO2)C1. The molecule has 6 aliphatic rings. The van der Waals surface area contributed by atoms with Crippen LogP contribution in [0, 0.1) is 0 Å². The van der Waals surface area contributed by atoms with Crippen molar-refractivity contribution >= 4 is 21.5 Å². The molecule has 45 heavy (non-hydrogen) atoms. The Morgan fingerprint density at radius 3 is 1.18 bits per heavy atom. The fraction of sp³-hybridized carbons (Fsp3) is 0.400. The van der Waals surface area contributed by atoms with Crippen molar-refractivity contribution in [1.29, 1.82) is 0 Å². The molecule has 0 aromatic heterocycles. The minimum Gasteiger partial charge on any atom is -0.373 e. The third kappa shape index (κ3) is 4.97. The normalized spacial score (nSPS) is 28.7. The lowest BCUT2D eigenvalue weighted by atomic mass is 9.79. The summed E-state index contributed by atoms with van der Waals surface area (Å²) in [6.07, 6.45) is 15.9. The molecule has 4 heterocycles. The zero-order valence-electron chi connectivity index (χ0n) is 25.5. The van der Waals surface area contributed by atoms with Gasteiger partial charge in [0.25, 0.3) is 0 Å². The summed E-state index contributed by atoms with van der Waals surface area (Å²) in [5, 5.41) is 5.42. The Bertz CT molecular complexity index is 1750. The molecule has 4 aromatic rings. The summed E-state index contributed by atoms with van der Waals surface area (Å²) < 4.78 is 30.6. The van der Waals surface area contributed by atoms with Crippen molar-refractivity contribution in [2.45, 2.75) is 75.1 Å². The first kappa shape index (κ1) is 26.9. The molecule has 0 amide bonds. The molecule has 4 saturated heterocycles. The fourth-order valence-electron chi connectivity index (χ4n) is 8.23. The zero-order chi connectivity index (χ0) is 29.5. The molecule has 5 nitrogen and oxygen atoms in total. The zero-order valence-corrected chi connectivity index (χ0v) is 25.5. The molecule has 228 valence electrons. The van der Waals surface area contributed by atoms with E-state index in [0.29, 0.717) is 24.4 Å². The van der Waals surface area contributed by atoms with Gasteiger partial charge >= 0.3 is 0 Å². The van der Waals surface area contributed by atoms with Gasteiger partial charge in [-0.25, -0.2) is 0 Å². The number of allylic oxidation sites excluding steroid dienone is 2. The standard InChI is InChI=1S/C40H38O5/c1-3-9-29-27(7-1)33(15-23-19-41-23)31-11-5-13-37(39(31)35(29)17-25-21-43-25)45-38-14-6-12-32-34(16-24-20-42-24)28-8-2-4-10-30(28)36(40(32)38)18-26-22-44-26/h1-10,13-14,23-26,37-38H,11-12,15-22H2. The second-order valence-electron chi connectivity index (χ2n) is 13.7. The van der Waals surface area contributed by atoms with Crippen molar-refractivity contribution < 1.29 is 23.7 Å². The summed E-state index contributed by atoms with van der Waals surface area (Å²) in [4.78, 5) is 0. The van der Waals surface area contributed by atoms with Gasteiger partial charge in [0.2, 0.25) is 0 Å². The van der Waals surface area contributed by atoms with E-state index in [1.165, 1.54) is 66.1 Å². The molecule has 4 aliphatic heterocycles. The highest BCUT2D eigenvalue weighted by Gasteiger charge is 2.37. The highest BCUT2D eigenvalue weighted by molar-refractivity contribution is 5.93. The third-order valence-electron chi connectivity index (χ3n) is 10.6. The summed E-state index contributed by atoms with van der Waals surface area (Å²) in [5.74, 6) is 0. The lowest BCUT2D eigenvalue weighted by molar-refractivity contribution is 0.0360. The van der Waals surface area contributed by atoms with Gasteiger partial charge in [0, 0.05) is 25.7 Å². The molecule has 2 aliphatic carbocycles. The maximum atomic E-state index is 7.40. The largest absolute Gasteiger partial charge is 0.373 e. The Labute approximate surface area is 263 Å². The highest BCUT2D eigenvalue weighted by Crippen LogP contribution is 2.47. The van der Waals surface area contributed by atoms with E-state index in [1.807, 2.05) is 0 Å². The Hall–Kier alpha value is -3.32. The molecule has 0 N–H and O–H groups in total. The molecule has 0 bridgehead atoms. The van der Waals surface area contributed by atoms with E-state index in [0.717, 1.165) is 65.0 Å². The molecule has 0 spiro atoms. The van der Waals surface area contributed by atoms with Crippen LogP contribution in [0.3, 0.4) is 0 Å². The summed E-state index contributed by atoms with van der Waals surface area (Å²) in [7, 11) is 0. The van der Waals surface area contributed by atoms with E-state index in [4.69, 9.17) is 23.7 Å². The number of epoxide rings is 4. The van der Waals surface area contributed by atoms with Crippen molar-refractivity contribution in [3.63, 3.8) is 0 Å². The number of hydrogen-bond donors (Lipinski definition) is 0. The maximum Gasteiger partial charge on any atom is 0.102 e. The van der Waals surface area contributed by atoms with Crippen molar-refractivity contribution in [3.05, 3.63) is 117 Å². The smallest absolute Gasteiger partial charge is 0.102 e. The number of benzene rings is 4. The van der Waals surface area contributed by atoms with E-state index in [-0.39, 0.29) is 12.2 Å². The molecular formula is C40H38O5. The number of rotatable bonds is 10. The minimum atomic E-state index is -0.140. The monoisotopic (exact) mass is 598 g/mol. The lowest BCUT2D eigenvalue weighted by Crippen LogP contribution is -2.21. The minimum absolute atomic E-state index is 0.140. The van der Waals surface area contributed by atoms with Gasteiger partial charge in [0.1, 0.15) is 12.2 Å². The Morgan fingerprint density at radius 1 is 0.489 bits per heavy atom. The van der Waals surface area contributed by atoms with E-state index >= 15 is 0 Å². The Morgan fingerprint density at radius 2 is 0.822 bits per heavy atom. The first-order valence-corrected chi connectivity index (χ1v) is 16.8. The van der Waals surface area contributed by atoms with Gasteiger partial charge in [-0.15, -0.1) is 0 Å². The van der Waals surface area contributed by atoms with Gasteiger partial charge in [0.15, 0.2) is 0 Å². The molecule has 4 aromatic carbocycles. The van der Waals surface area contributed by atoms with Crippen LogP contribution in [0.25, 0.3) is 21.5 Å². The van der Waals surface area contributed by atoms with E-state index < -0.39 is 0 Å². The van der Waals surface area contributed by atoms with Crippen molar-refractivity contribution in [1.82, 2.24) is 0 Å². The van der Waals surface area contributed by atoms with Gasteiger partial charge < -0.3 is 23.7 Å². The van der Waals surface area contributed by atoms with E-state index in [9.17, 15) is 0 Å². The summed E-state index contributed by atoms with van der Waals surface area (Å²) in [5.41, 5.74) is 11.3. The van der Waals surface area contributed by atoms with Crippen molar-refractivity contribution in [3.8, 4) is 0 Å². The molecule has 0 radical (unpaired) electrons. The van der Waals surface area contributed by atoms with Crippen molar-refractivity contribution in [2.75, 3.05) is 26.4 Å². The second kappa shape index (κ2) is 10.6. The molecule has 6 atom stereocenters. The van der Waals surface area contributed by atoms with Crippen LogP contribution in [0.15, 0.2) is 72.8 Å². The van der Waals surface area contributed by atoms with Crippen LogP contribution in [0.5, 0.6) is 0 Å². The second-order valence-corrected chi connectivity index (χ2v) is 13.7. The number of hydrogen-bond acceptors (Lipinski definition) is 5. The average Bonchev–Trinajstić information content (AvgIpc) is 3.86. The molecule has 4 fully saturated rings. The van der Waals surface area contributed by atoms with Gasteiger partial charge in [-0.3, -0.25) is 0 Å². The van der Waals surface area contributed by atoms with Crippen molar-refractivity contribution in [2.24, 2.45) is 0 Å². The Balaban J connectivity index is 1.13. The predicted molar refractivity (Wildman–Crippen MR) is 174 cm³/mol. The highest BCUT2D eigenvalue weighted by atomic mass is 16.6. The molecular weight excluding hydrogens is 560 g/mol. The lowest BCUT2D eigenvalue weighted by Gasteiger charge is -2.34. The topological polar surface area (TPSA) is 59.4 Å².